The summed E-state index contributed by atoms with van der Waals surface area (Å²) in [6.07, 6.45) is -6.66. The molecule has 0 aromatic heterocycles. The lowest BCUT2D eigenvalue weighted by Crippen LogP contribution is -2.47. The van der Waals surface area contributed by atoms with Crippen LogP contribution in [0.3, 0.4) is 0 Å². The molecule has 7 heteroatoms. The molecule has 1 saturated carbocycles. The Morgan fingerprint density at radius 1 is 1.38 bits per heavy atom. The zero-order valence-electron chi connectivity index (χ0n) is 8.60. The maximum absolute atomic E-state index is 12.1. The number of rotatable bonds is 4. The first-order valence-electron chi connectivity index (χ1n) is 4.87. The molecule has 16 heavy (non-hydrogen) atoms. The highest BCUT2D eigenvalue weighted by atomic mass is 19.4. The van der Waals surface area contributed by atoms with Gasteiger partial charge in [0.25, 0.3) is 5.91 Å². The first-order chi connectivity index (χ1) is 7.22. The van der Waals surface area contributed by atoms with Crippen molar-refractivity contribution in [3.63, 3.8) is 0 Å². The van der Waals surface area contributed by atoms with E-state index in [0.29, 0.717) is 12.8 Å². The fourth-order valence-corrected chi connectivity index (χ4v) is 1.57. The van der Waals surface area contributed by atoms with Crippen molar-refractivity contribution < 1.29 is 26.7 Å². The second-order valence-corrected chi connectivity index (χ2v) is 3.96. The molecular formula is C9H12F5NO. The first kappa shape index (κ1) is 13.2. The molecule has 0 N–H and O–H groups in total. The van der Waals surface area contributed by atoms with Gasteiger partial charge >= 0.3 is 12.6 Å². The summed E-state index contributed by atoms with van der Waals surface area (Å²) in [5.41, 5.74) is 0. The Kier molecular flexibility index (Phi) is 3.75. The molecule has 1 rings (SSSR count). The lowest BCUT2D eigenvalue weighted by Gasteiger charge is -2.29. The number of carbonyl (C=O) groups excluding carboxylic acids is 1. The summed E-state index contributed by atoms with van der Waals surface area (Å²) in [6.45, 7) is -0.225. The summed E-state index contributed by atoms with van der Waals surface area (Å²) >= 11 is 0. The van der Waals surface area contributed by atoms with E-state index in [-0.39, 0.29) is 10.8 Å². The van der Waals surface area contributed by atoms with E-state index in [1.54, 1.807) is 0 Å². The largest absolute Gasteiger partial charge is 0.406 e. The molecule has 0 aromatic rings. The fraction of sp³-hybridized carbons (Fsp3) is 0.889. The smallest absolute Gasteiger partial charge is 0.326 e. The highest BCUT2D eigenvalue weighted by Crippen LogP contribution is 2.36. The van der Waals surface area contributed by atoms with E-state index in [0.717, 1.165) is 0 Å². The van der Waals surface area contributed by atoms with Crippen molar-refractivity contribution in [2.75, 3.05) is 6.54 Å². The monoisotopic (exact) mass is 245 g/mol. The van der Waals surface area contributed by atoms with Crippen LogP contribution in [0, 0.1) is 5.92 Å². The first-order valence-corrected chi connectivity index (χ1v) is 4.87. The maximum atomic E-state index is 12.1. The number of alkyl halides is 5. The number of hydrogen-bond donors (Lipinski definition) is 0. The van der Waals surface area contributed by atoms with E-state index in [1.807, 2.05) is 0 Å². The van der Waals surface area contributed by atoms with Crippen molar-refractivity contribution in [1.29, 1.82) is 0 Å². The third-order valence-corrected chi connectivity index (χ3v) is 2.62. The van der Waals surface area contributed by atoms with E-state index in [4.69, 9.17) is 0 Å². The van der Waals surface area contributed by atoms with Gasteiger partial charge in [0.15, 0.2) is 0 Å². The van der Waals surface area contributed by atoms with Crippen LogP contribution in [0.5, 0.6) is 0 Å². The molecule has 0 saturated heterocycles. The van der Waals surface area contributed by atoms with E-state index < -0.39 is 31.1 Å². The molecule has 0 aromatic carbocycles. The Morgan fingerprint density at radius 3 is 2.19 bits per heavy atom. The van der Waals surface area contributed by atoms with Gasteiger partial charge in [-0.05, 0) is 25.7 Å². The lowest BCUT2D eigenvalue weighted by atomic mass is 10.2. The van der Waals surface area contributed by atoms with E-state index >= 15 is 0 Å². The SMILES string of the molecule is CC(C1CC1)N(CC(F)(F)F)C(=O)C(F)F. The Bertz CT molecular complexity index is 261. The van der Waals surface area contributed by atoms with E-state index in [9.17, 15) is 26.7 Å². The molecular weight excluding hydrogens is 233 g/mol. The predicted octanol–water partition coefficient (Wildman–Crippen LogP) is 2.44. The standard InChI is InChI=1S/C9H12F5NO/c1-5(6-2-3-6)15(4-9(12,13)14)8(16)7(10)11/h5-7H,2-4H2,1H3. The summed E-state index contributed by atoms with van der Waals surface area (Å²) in [6, 6.07) is -0.775. The van der Waals surface area contributed by atoms with E-state index in [2.05, 4.69) is 0 Å². The molecule has 1 atom stereocenters. The van der Waals surface area contributed by atoms with Gasteiger partial charge in [-0.15, -0.1) is 0 Å². The number of amides is 1. The van der Waals surface area contributed by atoms with Crippen LogP contribution in [-0.4, -0.2) is 36.0 Å². The van der Waals surface area contributed by atoms with Gasteiger partial charge in [0.05, 0.1) is 0 Å². The van der Waals surface area contributed by atoms with Crippen molar-refractivity contribution in [2.45, 2.75) is 38.4 Å². The Hall–Kier alpha value is -0.880. The van der Waals surface area contributed by atoms with Crippen LogP contribution in [-0.2, 0) is 4.79 Å². The molecule has 1 unspecified atom stereocenters. The van der Waals surface area contributed by atoms with Crippen LogP contribution >= 0.6 is 0 Å². The van der Waals surface area contributed by atoms with E-state index in [1.165, 1.54) is 6.92 Å². The molecule has 0 radical (unpaired) electrons. The van der Waals surface area contributed by atoms with Gasteiger partial charge in [0.2, 0.25) is 0 Å². The fourth-order valence-electron chi connectivity index (χ4n) is 1.57. The van der Waals surface area contributed by atoms with Gasteiger partial charge in [-0.25, -0.2) is 0 Å². The van der Waals surface area contributed by atoms with Gasteiger partial charge < -0.3 is 4.90 Å². The van der Waals surface area contributed by atoms with Gasteiger partial charge in [-0.3, -0.25) is 4.79 Å². The van der Waals surface area contributed by atoms with Crippen LogP contribution in [0.2, 0.25) is 0 Å². The number of carbonyl (C=O) groups is 1. The molecule has 0 heterocycles. The van der Waals surface area contributed by atoms with Gasteiger partial charge in [0, 0.05) is 6.04 Å². The molecule has 1 amide bonds. The number of halogens is 5. The summed E-state index contributed by atoms with van der Waals surface area (Å²) < 4.78 is 60.7. The summed E-state index contributed by atoms with van der Waals surface area (Å²) in [4.78, 5) is 11.2. The van der Waals surface area contributed by atoms with Crippen molar-refractivity contribution >= 4 is 5.91 Å². The summed E-state index contributed by atoms with van der Waals surface area (Å²) in [5.74, 6) is -1.82. The maximum Gasteiger partial charge on any atom is 0.406 e. The highest BCUT2D eigenvalue weighted by Gasteiger charge is 2.42. The van der Waals surface area contributed by atoms with Crippen molar-refractivity contribution in [2.24, 2.45) is 5.92 Å². The molecule has 0 spiro atoms. The predicted molar refractivity (Wildman–Crippen MR) is 46.0 cm³/mol. The van der Waals surface area contributed by atoms with Crippen LogP contribution < -0.4 is 0 Å². The average molecular weight is 245 g/mol. The Morgan fingerprint density at radius 2 is 1.88 bits per heavy atom. The topological polar surface area (TPSA) is 20.3 Å². The summed E-state index contributed by atoms with van der Waals surface area (Å²) in [7, 11) is 0. The Balaban J connectivity index is 2.71. The molecule has 1 fully saturated rings. The average Bonchev–Trinajstić information content (AvgIpc) is 2.93. The zero-order valence-corrected chi connectivity index (χ0v) is 8.60. The quantitative estimate of drug-likeness (QED) is 0.696. The van der Waals surface area contributed by atoms with Gasteiger partial charge in [-0.1, -0.05) is 0 Å². The number of nitrogens with zero attached hydrogens (tertiary/aromatic N) is 1. The minimum Gasteiger partial charge on any atom is -0.326 e. The van der Waals surface area contributed by atoms with Crippen molar-refractivity contribution in [3.05, 3.63) is 0 Å². The second-order valence-electron chi connectivity index (χ2n) is 3.96. The molecule has 0 bridgehead atoms. The minimum atomic E-state index is -4.65. The third-order valence-electron chi connectivity index (χ3n) is 2.62. The molecule has 2 nitrogen and oxygen atoms in total. The summed E-state index contributed by atoms with van der Waals surface area (Å²) in [5, 5.41) is 0. The van der Waals surface area contributed by atoms with Crippen molar-refractivity contribution in [3.8, 4) is 0 Å². The number of hydrogen-bond acceptors (Lipinski definition) is 1. The van der Waals surface area contributed by atoms with Crippen LogP contribution in [0.1, 0.15) is 19.8 Å². The normalized spacial score (nSPS) is 18.7. The lowest BCUT2D eigenvalue weighted by molar-refractivity contribution is -0.172. The van der Waals surface area contributed by atoms with Crippen molar-refractivity contribution in [1.82, 2.24) is 4.90 Å². The van der Waals surface area contributed by atoms with Crippen LogP contribution in [0.15, 0.2) is 0 Å². The second kappa shape index (κ2) is 4.55. The molecule has 1 aliphatic rings. The van der Waals surface area contributed by atoms with Crippen LogP contribution in [0.25, 0.3) is 0 Å². The van der Waals surface area contributed by atoms with Crippen LogP contribution in [0.4, 0.5) is 22.0 Å². The zero-order chi connectivity index (χ0) is 12.5. The van der Waals surface area contributed by atoms with Gasteiger partial charge in [0.1, 0.15) is 6.54 Å². The molecule has 0 aliphatic heterocycles. The van der Waals surface area contributed by atoms with Gasteiger partial charge in [-0.2, -0.15) is 22.0 Å². The molecule has 1 aliphatic carbocycles. The minimum absolute atomic E-state index is 0.0787. The third kappa shape index (κ3) is 3.61. The molecule has 94 valence electrons. The Labute approximate surface area is 89.4 Å². The highest BCUT2D eigenvalue weighted by molar-refractivity contribution is 5.79.